The Kier molecular flexibility index (Phi) is 5.98. The van der Waals surface area contributed by atoms with Crippen molar-refractivity contribution in [2.24, 2.45) is 5.73 Å². The fourth-order valence-corrected chi connectivity index (χ4v) is 3.08. The molecule has 1 amide bonds. The van der Waals surface area contributed by atoms with Crippen LogP contribution in [0.4, 0.5) is 0 Å². The van der Waals surface area contributed by atoms with Crippen molar-refractivity contribution in [3.8, 4) is 0 Å². The Hall–Kier alpha value is -0.650. The second kappa shape index (κ2) is 6.87. The lowest BCUT2D eigenvalue weighted by Crippen LogP contribution is -2.57. The predicted octanol–water partition coefficient (Wildman–Crippen LogP) is 1.12. The van der Waals surface area contributed by atoms with Crippen LogP contribution < -0.4 is 11.1 Å². The van der Waals surface area contributed by atoms with Gasteiger partial charge >= 0.3 is 0 Å². The molecule has 0 aromatic carbocycles. The molecule has 1 aliphatic heterocycles. The third-order valence-electron chi connectivity index (χ3n) is 3.48. The Balaban J connectivity index is 2.52. The number of amides is 1. The summed E-state index contributed by atoms with van der Waals surface area (Å²) in [6, 6.07) is -0.232. The summed E-state index contributed by atoms with van der Waals surface area (Å²) in [5.41, 5.74) is 5.15. The maximum Gasteiger partial charge on any atom is 0.234 e. The standard InChI is InChI=1S/C15H31N3O2/c1-6-8-17-12(13(16)19)7-9-18-10-14(2,3)20-15(4,5)11-18/h12,17H,6-11H2,1-5H3,(H2,16,19). The number of carbonyl (C=O) groups is 1. The van der Waals surface area contributed by atoms with Gasteiger partial charge < -0.3 is 15.8 Å². The molecule has 1 fully saturated rings. The number of ether oxygens (including phenoxy) is 1. The van der Waals surface area contributed by atoms with Crippen molar-refractivity contribution >= 4 is 5.91 Å². The third kappa shape index (κ3) is 5.77. The Morgan fingerprint density at radius 3 is 2.30 bits per heavy atom. The van der Waals surface area contributed by atoms with E-state index in [0.717, 1.165) is 39.0 Å². The molecule has 0 spiro atoms. The number of nitrogens with one attached hydrogen (secondary N) is 1. The first-order chi connectivity index (χ1) is 9.15. The van der Waals surface area contributed by atoms with Gasteiger partial charge in [0.05, 0.1) is 17.2 Å². The summed E-state index contributed by atoms with van der Waals surface area (Å²) >= 11 is 0. The van der Waals surface area contributed by atoms with Crippen LogP contribution in [-0.4, -0.2) is 54.2 Å². The van der Waals surface area contributed by atoms with Crippen molar-refractivity contribution in [3.63, 3.8) is 0 Å². The molecule has 0 aliphatic carbocycles. The van der Waals surface area contributed by atoms with E-state index in [1.54, 1.807) is 0 Å². The minimum atomic E-state index is -0.259. The molecule has 5 nitrogen and oxygen atoms in total. The van der Waals surface area contributed by atoms with Crippen LogP contribution in [0, 0.1) is 0 Å². The molecule has 0 aromatic rings. The molecule has 0 bridgehead atoms. The smallest absolute Gasteiger partial charge is 0.234 e. The van der Waals surface area contributed by atoms with E-state index in [-0.39, 0.29) is 23.2 Å². The molecule has 3 N–H and O–H groups in total. The van der Waals surface area contributed by atoms with Crippen LogP contribution in [0.5, 0.6) is 0 Å². The monoisotopic (exact) mass is 285 g/mol. The molecule has 0 aromatic heterocycles. The average molecular weight is 285 g/mol. The van der Waals surface area contributed by atoms with Gasteiger partial charge in [-0.15, -0.1) is 0 Å². The minimum absolute atomic E-state index is 0.152. The van der Waals surface area contributed by atoms with Crippen molar-refractivity contribution in [2.45, 2.75) is 64.7 Å². The van der Waals surface area contributed by atoms with Crippen molar-refractivity contribution in [1.29, 1.82) is 0 Å². The largest absolute Gasteiger partial charge is 0.368 e. The van der Waals surface area contributed by atoms with Crippen LogP contribution >= 0.6 is 0 Å². The molecule has 20 heavy (non-hydrogen) atoms. The van der Waals surface area contributed by atoms with Gasteiger partial charge in [-0.05, 0) is 47.1 Å². The van der Waals surface area contributed by atoms with Crippen molar-refractivity contribution < 1.29 is 9.53 Å². The summed E-state index contributed by atoms with van der Waals surface area (Å²) in [6.45, 7) is 14.0. The SMILES string of the molecule is CCCNC(CCN1CC(C)(C)OC(C)(C)C1)C(N)=O. The fraction of sp³-hybridized carbons (Fsp3) is 0.933. The molecule has 1 heterocycles. The van der Waals surface area contributed by atoms with Crippen LogP contribution in [0.3, 0.4) is 0 Å². The van der Waals surface area contributed by atoms with E-state index in [4.69, 9.17) is 10.5 Å². The molecule has 1 saturated heterocycles. The molecule has 1 unspecified atom stereocenters. The zero-order valence-electron chi connectivity index (χ0n) is 13.7. The first-order valence-corrected chi connectivity index (χ1v) is 7.60. The second-order valence-electron chi connectivity index (χ2n) is 7.03. The maximum absolute atomic E-state index is 11.4. The summed E-state index contributed by atoms with van der Waals surface area (Å²) < 4.78 is 6.06. The van der Waals surface area contributed by atoms with Crippen molar-refractivity contribution in [3.05, 3.63) is 0 Å². The van der Waals surface area contributed by atoms with Gasteiger partial charge in [0, 0.05) is 19.6 Å². The second-order valence-corrected chi connectivity index (χ2v) is 7.03. The normalized spacial score (nSPS) is 23.4. The molecular weight excluding hydrogens is 254 g/mol. The van der Waals surface area contributed by atoms with Crippen LogP contribution in [0.2, 0.25) is 0 Å². The van der Waals surface area contributed by atoms with E-state index in [1.807, 2.05) is 0 Å². The highest BCUT2D eigenvalue weighted by molar-refractivity contribution is 5.79. The van der Waals surface area contributed by atoms with Gasteiger partial charge in [-0.1, -0.05) is 6.92 Å². The van der Waals surface area contributed by atoms with Crippen molar-refractivity contribution in [1.82, 2.24) is 10.2 Å². The Morgan fingerprint density at radius 1 is 1.30 bits per heavy atom. The fourth-order valence-electron chi connectivity index (χ4n) is 3.08. The summed E-state index contributed by atoms with van der Waals surface area (Å²) in [5.74, 6) is -0.259. The highest BCUT2D eigenvalue weighted by atomic mass is 16.5. The summed E-state index contributed by atoms with van der Waals surface area (Å²) in [5, 5.41) is 3.22. The van der Waals surface area contributed by atoms with Crippen LogP contribution in [0.1, 0.15) is 47.5 Å². The van der Waals surface area contributed by atoms with Gasteiger partial charge in [-0.25, -0.2) is 0 Å². The predicted molar refractivity (Wildman–Crippen MR) is 81.6 cm³/mol. The summed E-state index contributed by atoms with van der Waals surface area (Å²) in [6.07, 6.45) is 1.75. The Morgan fingerprint density at radius 2 is 1.85 bits per heavy atom. The lowest BCUT2D eigenvalue weighted by atomic mass is 9.98. The molecule has 1 aliphatic rings. The quantitative estimate of drug-likeness (QED) is 0.735. The van der Waals surface area contributed by atoms with Crippen LogP contribution in [-0.2, 0) is 9.53 Å². The zero-order chi connectivity index (χ0) is 15.4. The number of carbonyl (C=O) groups excluding carboxylic acids is 1. The van der Waals surface area contributed by atoms with E-state index >= 15 is 0 Å². The van der Waals surface area contributed by atoms with E-state index in [0.29, 0.717) is 0 Å². The maximum atomic E-state index is 11.4. The van der Waals surface area contributed by atoms with E-state index in [9.17, 15) is 4.79 Å². The lowest BCUT2D eigenvalue weighted by molar-refractivity contribution is -0.180. The number of morpholine rings is 1. The number of nitrogens with zero attached hydrogens (tertiary/aromatic N) is 1. The van der Waals surface area contributed by atoms with E-state index < -0.39 is 0 Å². The molecular formula is C15H31N3O2. The lowest BCUT2D eigenvalue weighted by Gasteiger charge is -2.47. The highest BCUT2D eigenvalue weighted by Gasteiger charge is 2.38. The van der Waals surface area contributed by atoms with Gasteiger partial charge in [0.1, 0.15) is 0 Å². The average Bonchev–Trinajstić information content (AvgIpc) is 2.24. The number of hydrogen-bond donors (Lipinski definition) is 2. The van der Waals surface area contributed by atoms with Crippen LogP contribution in [0.25, 0.3) is 0 Å². The Labute approximate surface area is 123 Å². The zero-order valence-corrected chi connectivity index (χ0v) is 13.7. The molecule has 118 valence electrons. The third-order valence-corrected chi connectivity index (χ3v) is 3.48. The van der Waals surface area contributed by atoms with Gasteiger partial charge in [0.2, 0.25) is 5.91 Å². The van der Waals surface area contributed by atoms with Crippen LogP contribution in [0.15, 0.2) is 0 Å². The molecule has 5 heteroatoms. The molecule has 1 rings (SSSR count). The highest BCUT2D eigenvalue weighted by Crippen LogP contribution is 2.28. The Bertz CT molecular complexity index is 313. The number of nitrogens with two attached hydrogens (primary N) is 1. The summed E-state index contributed by atoms with van der Waals surface area (Å²) in [7, 11) is 0. The topological polar surface area (TPSA) is 67.6 Å². The van der Waals surface area contributed by atoms with Gasteiger partial charge in [0.15, 0.2) is 0 Å². The minimum Gasteiger partial charge on any atom is -0.368 e. The summed E-state index contributed by atoms with van der Waals surface area (Å²) in [4.78, 5) is 13.8. The first-order valence-electron chi connectivity index (χ1n) is 7.60. The molecule has 0 saturated carbocycles. The molecule has 0 radical (unpaired) electrons. The van der Waals surface area contributed by atoms with E-state index in [1.165, 1.54) is 0 Å². The van der Waals surface area contributed by atoms with Gasteiger partial charge in [-0.3, -0.25) is 9.69 Å². The number of rotatable bonds is 7. The van der Waals surface area contributed by atoms with Gasteiger partial charge in [-0.2, -0.15) is 0 Å². The van der Waals surface area contributed by atoms with E-state index in [2.05, 4.69) is 44.8 Å². The van der Waals surface area contributed by atoms with Crippen molar-refractivity contribution in [2.75, 3.05) is 26.2 Å². The number of hydrogen-bond acceptors (Lipinski definition) is 4. The first kappa shape index (κ1) is 17.4. The van der Waals surface area contributed by atoms with Gasteiger partial charge in [0.25, 0.3) is 0 Å². The number of primary amides is 1. The molecule has 1 atom stereocenters.